The van der Waals surface area contributed by atoms with Crippen molar-refractivity contribution in [3.05, 3.63) is 35.4 Å². The van der Waals surface area contributed by atoms with Crippen molar-refractivity contribution in [1.82, 2.24) is 9.80 Å². The number of benzene rings is 1. The molecule has 160 valence electrons. The van der Waals surface area contributed by atoms with Gasteiger partial charge in [-0.25, -0.2) is 4.79 Å². The van der Waals surface area contributed by atoms with E-state index in [-0.39, 0.29) is 30.2 Å². The molecule has 0 spiro atoms. The number of rotatable bonds is 4. The van der Waals surface area contributed by atoms with E-state index >= 15 is 0 Å². The summed E-state index contributed by atoms with van der Waals surface area (Å²) in [4.78, 5) is 28.1. The number of urea groups is 1. The summed E-state index contributed by atoms with van der Waals surface area (Å²) in [6.07, 6.45) is 4.07. The molecule has 0 unspecified atom stereocenters. The zero-order valence-corrected chi connectivity index (χ0v) is 17.7. The molecule has 0 aromatic heterocycles. The molecule has 1 aromatic rings. The molecule has 2 fully saturated rings. The number of piperidine rings is 2. The molecule has 29 heavy (non-hydrogen) atoms. The predicted molar refractivity (Wildman–Crippen MR) is 115 cm³/mol. The SMILES string of the molecule is COC(=O)CC1CCN(C(=O)N2CCC(c3ccc(C(=N)N)cc3)CC2)CC1.Cl. The van der Waals surface area contributed by atoms with Gasteiger partial charge in [-0.2, -0.15) is 0 Å². The Labute approximate surface area is 178 Å². The van der Waals surface area contributed by atoms with Gasteiger partial charge in [-0.3, -0.25) is 10.2 Å². The van der Waals surface area contributed by atoms with Gasteiger partial charge in [0.15, 0.2) is 0 Å². The van der Waals surface area contributed by atoms with Gasteiger partial charge < -0.3 is 20.3 Å². The highest BCUT2D eigenvalue weighted by Crippen LogP contribution is 2.29. The molecule has 0 saturated carbocycles. The van der Waals surface area contributed by atoms with Crippen LogP contribution in [0.1, 0.15) is 49.1 Å². The van der Waals surface area contributed by atoms with E-state index in [0.717, 1.165) is 44.3 Å². The maximum absolute atomic E-state index is 12.8. The van der Waals surface area contributed by atoms with Gasteiger partial charge in [0.25, 0.3) is 0 Å². The van der Waals surface area contributed by atoms with Crippen LogP contribution in [-0.4, -0.2) is 60.9 Å². The summed E-state index contributed by atoms with van der Waals surface area (Å²) in [6.45, 7) is 2.96. The first-order valence-corrected chi connectivity index (χ1v) is 10.0. The van der Waals surface area contributed by atoms with Crippen molar-refractivity contribution in [2.75, 3.05) is 33.3 Å². The molecule has 8 heteroatoms. The number of hydrogen-bond donors (Lipinski definition) is 2. The number of carbonyl (C=O) groups is 2. The molecule has 2 amide bonds. The number of nitrogens with two attached hydrogens (primary N) is 1. The highest BCUT2D eigenvalue weighted by atomic mass is 35.5. The lowest BCUT2D eigenvalue weighted by molar-refractivity contribution is -0.142. The summed E-state index contributed by atoms with van der Waals surface area (Å²) in [5.41, 5.74) is 7.51. The fourth-order valence-corrected chi connectivity index (χ4v) is 4.19. The van der Waals surface area contributed by atoms with Crippen molar-refractivity contribution in [2.45, 2.75) is 38.0 Å². The first-order chi connectivity index (χ1) is 13.5. The molecule has 0 aliphatic carbocycles. The van der Waals surface area contributed by atoms with Crippen LogP contribution in [0.4, 0.5) is 4.79 Å². The van der Waals surface area contributed by atoms with Crippen molar-refractivity contribution >= 4 is 30.2 Å². The smallest absolute Gasteiger partial charge is 0.319 e. The van der Waals surface area contributed by atoms with Crippen LogP contribution < -0.4 is 5.73 Å². The van der Waals surface area contributed by atoms with Crippen molar-refractivity contribution in [1.29, 1.82) is 5.41 Å². The molecule has 2 aliphatic heterocycles. The van der Waals surface area contributed by atoms with Crippen LogP contribution in [-0.2, 0) is 9.53 Å². The number of esters is 1. The van der Waals surface area contributed by atoms with Gasteiger partial charge in [0.2, 0.25) is 0 Å². The Kier molecular flexibility index (Phi) is 8.32. The first kappa shape index (κ1) is 23.0. The van der Waals surface area contributed by atoms with Gasteiger partial charge in [-0.15, -0.1) is 12.4 Å². The van der Waals surface area contributed by atoms with Crippen LogP contribution in [0.5, 0.6) is 0 Å². The molecule has 0 bridgehead atoms. The Hall–Kier alpha value is -2.28. The number of amides is 2. The minimum atomic E-state index is -0.164. The summed E-state index contributed by atoms with van der Waals surface area (Å²) in [7, 11) is 1.42. The van der Waals surface area contributed by atoms with Gasteiger partial charge >= 0.3 is 12.0 Å². The van der Waals surface area contributed by atoms with Crippen LogP contribution in [0.15, 0.2) is 24.3 Å². The maximum atomic E-state index is 12.8. The van der Waals surface area contributed by atoms with E-state index in [4.69, 9.17) is 15.9 Å². The third-order valence-corrected chi connectivity index (χ3v) is 6.03. The number of nitrogen functional groups attached to an aromatic ring is 1. The average molecular weight is 423 g/mol. The highest BCUT2D eigenvalue weighted by Gasteiger charge is 2.30. The molecule has 3 N–H and O–H groups in total. The zero-order valence-electron chi connectivity index (χ0n) is 16.9. The van der Waals surface area contributed by atoms with E-state index in [9.17, 15) is 9.59 Å². The molecule has 0 atom stereocenters. The molecule has 2 heterocycles. The van der Waals surface area contributed by atoms with E-state index in [0.29, 0.717) is 31.3 Å². The van der Waals surface area contributed by atoms with Gasteiger partial charge in [0, 0.05) is 38.2 Å². The largest absolute Gasteiger partial charge is 0.469 e. The van der Waals surface area contributed by atoms with Crippen molar-refractivity contribution in [3.63, 3.8) is 0 Å². The van der Waals surface area contributed by atoms with Crippen LogP contribution in [0.3, 0.4) is 0 Å². The standard InChI is InChI=1S/C21H30N4O3.ClH/c1-28-19(26)14-15-6-10-24(11-7-15)21(27)25-12-8-17(9-13-25)16-2-4-18(5-3-16)20(22)23;/h2-5,15,17H,6-14H2,1H3,(H3,22,23);1H. The Morgan fingerprint density at radius 3 is 2.03 bits per heavy atom. The third-order valence-electron chi connectivity index (χ3n) is 6.03. The quantitative estimate of drug-likeness (QED) is 0.442. The second-order valence-corrected chi connectivity index (χ2v) is 7.79. The van der Waals surface area contributed by atoms with Crippen LogP contribution in [0.2, 0.25) is 0 Å². The van der Waals surface area contributed by atoms with Crippen LogP contribution in [0.25, 0.3) is 0 Å². The monoisotopic (exact) mass is 422 g/mol. The molecule has 2 aliphatic rings. The second-order valence-electron chi connectivity index (χ2n) is 7.79. The normalized spacial score (nSPS) is 18.1. The lowest BCUT2D eigenvalue weighted by Gasteiger charge is -2.38. The topological polar surface area (TPSA) is 99.7 Å². The number of ether oxygens (including phenoxy) is 1. The number of nitrogens with one attached hydrogen (secondary N) is 1. The number of likely N-dealkylation sites (tertiary alicyclic amines) is 2. The number of carbonyl (C=O) groups excluding carboxylic acids is 2. The second kappa shape index (κ2) is 10.5. The fourth-order valence-electron chi connectivity index (χ4n) is 4.19. The molecule has 2 saturated heterocycles. The average Bonchev–Trinajstić information content (AvgIpc) is 2.74. The van der Waals surface area contributed by atoms with Gasteiger partial charge in [-0.05, 0) is 43.1 Å². The number of hydrogen-bond acceptors (Lipinski definition) is 4. The van der Waals surface area contributed by atoms with Crippen molar-refractivity contribution in [3.8, 4) is 0 Å². The zero-order chi connectivity index (χ0) is 20.1. The molecule has 1 aromatic carbocycles. The molecule has 0 radical (unpaired) electrons. The lowest BCUT2D eigenvalue weighted by atomic mass is 9.89. The van der Waals surface area contributed by atoms with E-state index in [1.54, 1.807) is 0 Å². The summed E-state index contributed by atoms with van der Waals surface area (Å²) in [5.74, 6) is 0.682. The van der Waals surface area contributed by atoms with Crippen molar-refractivity contribution < 1.29 is 14.3 Å². The van der Waals surface area contributed by atoms with Crippen LogP contribution in [0, 0.1) is 11.3 Å². The summed E-state index contributed by atoms with van der Waals surface area (Å²) >= 11 is 0. The molecular weight excluding hydrogens is 392 g/mol. The summed E-state index contributed by atoms with van der Waals surface area (Å²) < 4.78 is 4.74. The Bertz CT molecular complexity index is 709. The summed E-state index contributed by atoms with van der Waals surface area (Å²) in [5, 5.41) is 7.48. The fraction of sp³-hybridized carbons (Fsp3) is 0.571. The van der Waals surface area contributed by atoms with Crippen molar-refractivity contribution in [2.24, 2.45) is 11.7 Å². The minimum Gasteiger partial charge on any atom is -0.469 e. The van der Waals surface area contributed by atoms with Crippen LogP contribution >= 0.6 is 12.4 Å². The number of methoxy groups -OCH3 is 1. The van der Waals surface area contributed by atoms with E-state index in [1.165, 1.54) is 12.7 Å². The Morgan fingerprint density at radius 1 is 1.03 bits per heavy atom. The van der Waals surface area contributed by atoms with E-state index in [2.05, 4.69) is 0 Å². The Balaban J connectivity index is 0.00000300. The number of halogens is 1. The summed E-state index contributed by atoms with van der Waals surface area (Å²) in [6, 6.07) is 8.01. The van der Waals surface area contributed by atoms with Gasteiger partial charge in [0.1, 0.15) is 5.84 Å². The van der Waals surface area contributed by atoms with E-state index < -0.39 is 0 Å². The number of amidine groups is 1. The number of nitrogens with zero attached hydrogens (tertiary/aromatic N) is 2. The molecular formula is C21H31ClN4O3. The van der Waals surface area contributed by atoms with E-state index in [1.807, 2.05) is 34.1 Å². The Morgan fingerprint density at radius 2 is 1.55 bits per heavy atom. The minimum absolute atomic E-state index is 0. The third kappa shape index (κ3) is 5.85. The predicted octanol–water partition coefficient (Wildman–Crippen LogP) is 2.97. The lowest BCUT2D eigenvalue weighted by Crippen LogP contribution is -2.49. The van der Waals surface area contributed by atoms with Gasteiger partial charge in [-0.1, -0.05) is 24.3 Å². The highest BCUT2D eigenvalue weighted by molar-refractivity contribution is 5.94. The molecule has 3 rings (SSSR count). The molecule has 7 nitrogen and oxygen atoms in total. The maximum Gasteiger partial charge on any atom is 0.319 e. The van der Waals surface area contributed by atoms with Gasteiger partial charge in [0.05, 0.1) is 7.11 Å². The first-order valence-electron chi connectivity index (χ1n) is 10.0.